The van der Waals surface area contributed by atoms with Crippen LogP contribution in [0.3, 0.4) is 0 Å². The molecule has 3 saturated heterocycles. The molecule has 0 aromatic carbocycles. The first-order valence-corrected chi connectivity index (χ1v) is 11.8. The molecule has 3 aliphatic heterocycles. The number of sulfonamides is 1. The smallest absolute Gasteiger partial charge is 0.225 e. The lowest BCUT2D eigenvalue weighted by atomic mass is 9.83. The van der Waals surface area contributed by atoms with E-state index in [0.717, 1.165) is 25.6 Å². The van der Waals surface area contributed by atoms with Crippen molar-refractivity contribution in [3.63, 3.8) is 0 Å². The van der Waals surface area contributed by atoms with Gasteiger partial charge in [0, 0.05) is 44.2 Å². The zero-order valence-corrected chi connectivity index (χ0v) is 16.1. The molecular formula is C18H31N3O3S. The van der Waals surface area contributed by atoms with E-state index in [1.165, 1.54) is 42.8 Å². The van der Waals surface area contributed by atoms with Gasteiger partial charge in [0.25, 0.3) is 0 Å². The third-order valence-electron chi connectivity index (χ3n) is 6.71. The summed E-state index contributed by atoms with van der Waals surface area (Å²) in [4.78, 5) is 17.8. The van der Waals surface area contributed by atoms with E-state index in [4.69, 9.17) is 0 Å². The Hall–Kier alpha value is -0.660. The van der Waals surface area contributed by atoms with Gasteiger partial charge in [-0.25, -0.2) is 12.7 Å². The number of nitrogens with zero attached hydrogens (tertiary/aromatic N) is 3. The molecule has 2 atom stereocenters. The van der Waals surface area contributed by atoms with Gasteiger partial charge >= 0.3 is 0 Å². The highest BCUT2D eigenvalue weighted by Crippen LogP contribution is 2.38. The molecular weight excluding hydrogens is 338 g/mol. The van der Waals surface area contributed by atoms with Crippen LogP contribution in [0.2, 0.25) is 0 Å². The molecule has 0 aromatic heterocycles. The molecule has 3 heterocycles. The topological polar surface area (TPSA) is 60.9 Å². The fraction of sp³-hybridized carbons (Fsp3) is 0.944. The van der Waals surface area contributed by atoms with Gasteiger partial charge in [-0.15, -0.1) is 0 Å². The molecule has 0 unspecified atom stereocenters. The van der Waals surface area contributed by atoms with Crippen molar-refractivity contribution in [3.05, 3.63) is 0 Å². The Morgan fingerprint density at radius 3 is 2.28 bits per heavy atom. The molecule has 0 aromatic rings. The van der Waals surface area contributed by atoms with E-state index in [0.29, 0.717) is 37.9 Å². The number of rotatable bonds is 3. The average molecular weight is 370 g/mol. The molecule has 0 radical (unpaired) electrons. The predicted molar refractivity (Wildman–Crippen MR) is 96.6 cm³/mol. The molecule has 6 nitrogen and oxygen atoms in total. The highest BCUT2D eigenvalue weighted by atomic mass is 32.2. The molecule has 4 fully saturated rings. The summed E-state index contributed by atoms with van der Waals surface area (Å²) < 4.78 is 24.8. The van der Waals surface area contributed by atoms with Crippen molar-refractivity contribution in [2.75, 3.05) is 39.0 Å². The van der Waals surface area contributed by atoms with Gasteiger partial charge in [0.1, 0.15) is 0 Å². The van der Waals surface area contributed by atoms with Crippen LogP contribution in [0.25, 0.3) is 0 Å². The van der Waals surface area contributed by atoms with Crippen LogP contribution in [-0.2, 0) is 14.8 Å². The molecule has 1 aliphatic carbocycles. The number of hydrogen-bond acceptors (Lipinski definition) is 4. The molecule has 4 rings (SSSR count). The molecule has 0 N–H and O–H groups in total. The lowest BCUT2D eigenvalue weighted by Gasteiger charge is -2.48. The highest BCUT2D eigenvalue weighted by molar-refractivity contribution is 7.88. The first kappa shape index (κ1) is 17.7. The zero-order valence-electron chi connectivity index (χ0n) is 15.3. The summed E-state index contributed by atoms with van der Waals surface area (Å²) in [5, 5.41) is 0. The second kappa shape index (κ2) is 6.82. The van der Waals surface area contributed by atoms with Gasteiger partial charge < -0.3 is 4.90 Å². The summed E-state index contributed by atoms with van der Waals surface area (Å²) in [5.41, 5.74) is 0. The van der Waals surface area contributed by atoms with Crippen LogP contribution < -0.4 is 0 Å². The lowest BCUT2D eigenvalue weighted by molar-refractivity contribution is -0.140. The Bertz CT molecular complexity index is 611. The number of piperidine rings is 3. The minimum atomic E-state index is -3.12. The van der Waals surface area contributed by atoms with E-state index < -0.39 is 10.0 Å². The van der Waals surface area contributed by atoms with Gasteiger partial charge in [-0.2, -0.15) is 0 Å². The first-order valence-electron chi connectivity index (χ1n) is 9.93. The van der Waals surface area contributed by atoms with Crippen LogP contribution in [0.1, 0.15) is 44.9 Å². The maximum atomic E-state index is 13.0. The summed E-state index contributed by atoms with van der Waals surface area (Å²) in [5.74, 6) is 0.927. The monoisotopic (exact) mass is 369 g/mol. The molecule has 0 spiro atoms. The molecule has 25 heavy (non-hydrogen) atoms. The van der Waals surface area contributed by atoms with E-state index in [9.17, 15) is 13.2 Å². The van der Waals surface area contributed by atoms with Gasteiger partial charge in [-0.1, -0.05) is 0 Å². The van der Waals surface area contributed by atoms with Crippen LogP contribution in [0, 0.1) is 11.8 Å². The fourth-order valence-corrected chi connectivity index (χ4v) is 6.07. The quantitative estimate of drug-likeness (QED) is 0.748. The van der Waals surface area contributed by atoms with Crippen molar-refractivity contribution in [1.29, 1.82) is 0 Å². The molecule has 4 aliphatic rings. The summed E-state index contributed by atoms with van der Waals surface area (Å²) in [6, 6.07) is 1.52. The number of amides is 1. The minimum absolute atomic E-state index is 0.0117. The Labute approximate surface area is 151 Å². The van der Waals surface area contributed by atoms with Crippen LogP contribution in [0.4, 0.5) is 0 Å². The molecule has 1 amide bonds. The third-order valence-corrected chi connectivity index (χ3v) is 8.01. The van der Waals surface area contributed by atoms with E-state index >= 15 is 0 Å². The van der Waals surface area contributed by atoms with Crippen molar-refractivity contribution in [2.45, 2.75) is 57.0 Å². The van der Waals surface area contributed by atoms with Gasteiger partial charge in [0.05, 0.1) is 6.26 Å². The van der Waals surface area contributed by atoms with Crippen LogP contribution in [0.15, 0.2) is 0 Å². The fourth-order valence-electron chi connectivity index (χ4n) is 5.19. The number of carbonyl (C=O) groups is 1. The van der Waals surface area contributed by atoms with Crippen molar-refractivity contribution < 1.29 is 13.2 Å². The average Bonchev–Trinajstić information content (AvgIpc) is 3.44. The van der Waals surface area contributed by atoms with Crippen LogP contribution in [-0.4, -0.2) is 79.5 Å². The summed E-state index contributed by atoms with van der Waals surface area (Å²) >= 11 is 0. The summed E-state index contributed by atoms with van der Waals surface area (Å²) in [6.07, 6.45) is 8.98. The Balaban J connectivity index is 1.33. The Kier molecular flexibility index (Phi) is 4.84. The highest BCUT2D eigenvalue weighted by Gasteiger charge is 2.43. The minimum Gasteiger partial charge on any atom is -0.342 e. The van der Waals surface area contributed by atoms with Crippen LogP contribution in [0.5, 0.6) is 0 Å². The van der Waals surface area contributed by atoms with Gasteiger partial charge in [-0.05, 0) is 57.4 Å². The lowest BCUT2D eigenvalue weighted by Crippen LogP contribution is -2.56. The maximum Gasteiger partial charge on any atom is 0.225 e. The second-order valence-electron chi connectivity index (χ2n) is 8.45. The Morgan fingerprint density at radius 2 is 1.64 bits per heavy atom. The number of fused-ring (bicyclic) bond motifs is 1. The zero-order chi connectivity index (χ0) is 17.6. The summed E-state index contributed by atoms with van der Waals surface area (Å²) in [7, 11) is -3.12. The van der Waals surface area contributed by atoms with Crippen molar-refractivity contribution in [3.8, 4) is 0 Å². The van der Waals surface area contributed by atoms with Crippen molar-refractivity contribution in [2.24, 2.45) is 11.8 Å². The SMILES string of the molecule is CS(=O)(=O)N1CCC(C(=O)N2CC[C@@H]3[C@H](CCCN3C3CC3)C2)CC1. The van der Waals surface area contributed by atoms with E-state index in [1.54, 1.807) is 0 Å². The standard InChI is InChI=1S/C18H31N3O3S/c1-25(23,24)20-11-6-14(7-12-20)18(22)19-10-8-17-15(13-19)3-2-9-21(17)16-4-5-16/h14-17H,2-13H2,1H3/t15-,17-/m1/s1. The normalized spacial score (nSPS) is 33.2. The van der Waals surface area contributed by atoms with E-state index in [2.05, 4.69) is 9.80 Å². The van der Waals surface area contributed by atoms with Crippen molar-refractivity contribution >= 4 is 15.9 Å². The first-order chi connectivity index (χ1) is 11.9. The summed E-state index contributed by atoms with van der Waals surface area (Å²) in [6.45, 7) is 4.04. The second-order valence-corrected chi connectivity index (χ2v) is 10.4. The number of carbonyl (C=O) groups excluding carboxylic acids is 1. The predicted octanol–water partition coefficient (Wildman–Crippen LogP) is 1.13. The third kappa shape index (κ3) is 3.74. The van der Waals surface area contributed by atoms with Gasteiger partial charge in [0.2, 0.25) is 15.9 Å². The van der Waals surface area contributed by atoms with Crippen molar-refractivity contribution in [1.82, 2.24) is 14.1 Å². The van der Waals surface area contributed by atoms with Gasteiger partial charge in [-0.3, -0.25) is 9.69 Å². The van der Waals surface area contributed by atoms with E-state index in [-0.39, 0.29) is 11.8 Å². The maximum absolute atomic E-state index is 13.0. The molecule has 7 heteroatoms. The molecule has 0 bridgehead atoms. The number of likely N-dealkylation sites (tertiary alicyclic amines) is 2. The van der Waals surface area contributed by atoms with Gasteiger partial charge in [0.15, 0.2) is 0 Å². The van der Waals surface area contributed by atoms with Crippen LogP contribution >= 0.6 is 0 Å². The largest absolute Gasteiger partial charge is 0.342 e. The molecule has 142 valence electrons. The Morgan fingerprint density at radius 1 is 0.920 bits per heavy atom. The number of hydrogen-bond donors (Lipinski definition) is 0. The van der Waals surface area contributed by atoms with E-state index in [1.807, 2.05) is 0 Å². The molecule has 1 saturated carbocycles.